The van der Waals surface area contributed by atoms with E-state index >= 15 is 0 Å². The van der Waals surface area contributed by atoms with Gasteiger partial charge >= 0.3 is 0 Å². The molecule has 22 heavy (non-hydrogen) atoms. The molecular weight excluding hydrogens is 334 g/mol. The lowest BCUT2D eigenvalue weighted by molar-refractivity contribution is 0.260. The topological polar surface area (TPSA) is 63.4 Å². The minimum Gasteiger partial charge on any atom is -0.327 e. The Bertz CT molecular complexity index is 656. The predicted octanol–water partition coefficient (Wildman–Crippen LogP) is 2.13. The standard InChI is InChI=1S/C14H18F2N2O2S.ClH/c15-10-4-5-14(12(16)6-10)21(19,20)18-7-9-2-1-3-13(17)11(9)8-18;/h4-6,9,11,13H,1-3,7-8,17H2;1H. The number of sulfonamides is 1. The highest BCUT2D eigenvalue weighted by Crippen LogP contribution is 2.38. The summed E-state index contributed by atoms with van der Waals surface area (Å²) in [7, 11) is -3.93. The molecule has 2 aliphatic rings. The van der Waals surface area contributed by atoms with E-state index < -0.39 is 26.6 Å². The Hall–Kier alpha value is -0.760. The van der Waals surface area contributed by atoms with Crippen molar-refractivity contribution in [2.75, 3.05) is 13.1 Å². The van der Waals surface area contributed by atoms with Gasteiger partial charge in [0.25, 0.3) is 0 Å². The zero-order valence-corrected chi connectivity index (χ0v) is 13.5. The Morgan fingerprint density at radius 2 is 1.91 bits per heavy atom. The number of halogens is 3. The molecule has 0 amide bonds. The van der Waals surface area contributed by atoms with E-state index in [-0.39, 0.29) is 30.3 Å². The van der Waals surface area contributed by atoms with Gasteiger partial charge in [-0.15, -0.1) is 12.4 Å². The van der Waals surface area contributed by atoms with Crippen molar-refractivity contribution >= 4 is 22.4 Å². The molecule has 3 atom stereocenters. The van der Waals surface area contributed by atoms with Crippen LogP contribution >= 0.6 is 12.4 Å². The summed E-state index contributed by atoms with van der Waals surface area (Å²) in [4.78, 5) is -0.462. The third-order valence-corrected chi connectivity index (χ3v) is 6.50. The molecular formula is C14H19ClF2N2O2S. The molecule has 2 fully saturated rings. The Morgan fingerprint density at radius 3 is 2.55 bits per heavy atom. The maximum absolute atomic E-state index is 13.8. The zero-order valence-electron chi connectivity index (χ0n) is 11.9. The molecule has 1 saturated carbocycles. The lowest BCUT2D eigenvalue weighted by Crippen LogP contribution is -2.38. The quantitative estimate of drug-likeness (QED) is 0.887. The average Bonchev–Trinajstić information content (AvgIpc) is 2.84. The fourth-order valence-corrected chi connectivity index (χ4v) is 5.08. The molecule has 0 radical (unpaired) electrons. The van der Waals surface area contributed by atoms with E-state index in [0.717, 1.165) is 31.4 Å². The molecule has 124 valence electrons. The fourth-order valence-electron chi connectivity index (χ4n) is 3.50. The number of hydrogen-bond donors (Lipinski definition) is 1. The van der Waals surface area contributed by atoms with Gasteiger partial charge in [-0.2, -0.15) is 4.31 Å². The first-order valence-corrected chi connectivity index (χ1v) is 8.54. The van der Waals surface area contributed by atoms with E-state index in [0.29, 0.717) is 19.2 Å². The third-order valence-electron chi connectivity index (χ3n) is 4.63. The zero-order chi connectivity index (χ0) is 15.2. The summed E-state index contributed by atoms with van der Waals surface area (Å²) < 4.78 is 53.1. The van der Waals surface area contributed by atoms with E-state index in [4.69, 9.17) is 5.73 Å². The first-order chi connectivity index (χ1) is 9.89. The molecule has 0 aromatic heterocycles. The molecule has 1 aromatic rings. The summed E-state index contributed by atoms with van der Waals surface area (Å²) in [5.41, 5.74) is 6.07. The summed E-state index contributed by atoms with van der Waals surface area (Å²) in [5, 5.41) is 0. The van der Waals surface area contributed by atoms with Gasteiger partial charge in [0, 0.05) is 25.2 Å². The molecule has 3 rings (SSSR count). The van der Waals surface area contributed by atoms with Crippen molar-refractivity contribution in [3.63, 3.8) is 0 Å². The summed E-state index contributed by atoms with van der Waals surface area (Å²) in [6.07, 6.45) is 2.86. The van der Waals surface area contributed by atoms with Crippen molar-refractivity contribution in [1.82, 2.24) is 4.31 Å². The van der Waals surface area contributed by atoms with Crippen molar-refractivity contribution in [3.8, 4) is 0 Å². The minimum absolute atomic E-state index is 0. The Labute approximate surface area is 135 Å². The van der Waals surface area contributed by atoms with E-state index in [1.165, 1.54) is 4.31 Å². The van der Waals surface area contributed by atoms with E-state index in [2.05, 4.69) is 0 Å². The lowest BCUT2D eigenvalue weighted by Gasteiger charge is -2.29. The van der Waals surface area contributed by atoms with Crippen molar-refractivity contribution in [2.45, 2.75) is 30.2 Å². The first-order valence-electron chi connectivity index (χ1n) is 7.10. The van der Waals surface area contributed by atoms with Gasteiger partial charge in [-0.3, -0.25) is 0 Å². The molecule has 8 heteroatoms. The second kappa shape index (κ2) is 6.39. The van der Waals surface area contributed by atoms with Gasteiger partial charge in [0.05, 0.1) is 0 Å². The second-order valence-corrected chi connectivity index (χ2v) is 7.82. The van der Waals surface area contributed by atoms with Crippen LogP contribution in [0.25, 0.3) is 0 Å². The number of nitrogens with two attached hydrogens (primary N) is 1. The Morgan fingerprint density at radius 1 is 1.18 bits per heavy atom. The molecule has 2 N–H and O–H groups in total. The van der Waals surface area contributed by atoms with Gasteiger partial charge < -0.3 is 5.73 Å². The minimum atomic E-state index is -3.93. The van der Waals surface area contributed by atoms with Crippen LogP contribution in [0.3, 0.4) is 0 Å². The molecule has 3 unspecified atom stereocenters. The van der Waals surface area contributed by atoms with Crippen molar-refractivity contribution in [3.05, 3.63) is 29.8 Å². The Balaban J connectivity index is 0.00000176. The SMILES string of the molecule is Cl.NC1CCCC2CN(S(=O)(=O)c3ccc(F)cc3F)CC12. The molecule has 1 saturated heterocycles. The molecule has 4 nitrogen and oxygen atoms in total. The van der Waals surface area contributed by atoms with Crippen LogP contribution in [0.15, 0.2) is 23.1 Å². The highest BCUT2D eigenvalue weighted by Gasteiger charge is 2.43. The van der Waals surface area contributed by atoms with Crippen LogP contribution in [0.4, 0.5) is 8.78 Å². The number of hydrogen-bond acceptors (Lipinski definition) is 3. The van der Waals surface area contributed by atoms with E-state index in [1.807, 2.05) is 0 Å². The average molecular weight is 353 g/mol. The number of fused-ring (bicyclic) bond motifs is 1. The second-order valence-electron chi connectivity index (χ2n) is 5.92. The van der Waals surface area contributed by atoms with Crippen molar-refractivity contribution in [1.29, 1.82) is 0 Å². The summed E-state index contributed by atoms with van der Waals surface area (Å²) in [6, 6.07) is 2.55. The largest absolute Gasteiger partial charge is 0.327 e. The summed E-state index contributed by atoms with van der Waals surface area (Å²) in [6.45, 7) is 0.697. The summed E-state index contributed by atoms with van der Waals surface area (Å²) in [5.74, 6) is -1.46. The van der Waals surface area contributed by atoms with Crippen LogP contribution in [0.5, 0.6) is 0 Å². The van der Waals surface area contributed by atoms with E-state index in [9.17, 15) is 17.2 Å². The molecule has 0 spiro atoms. The highest BCUT2D eigenvalue weighted by molar-refractivity contribution is 7.89. The molecule has 0 bridgehead atoms. The maximum atomic E-state index is 13.8. The number of nitrogens with zero attached hydrogens (tertiary/aromatic N) is 1. The fraction of sp³-hybridized carbons (Fsp3) is 0.571. The van der Waals surface area contributed by atoms with Crippen LogP contribution in [0, 0.1) is 23.5 Å². The molecule has 1 aliphatic carbocycles. The van der Waals surface area contributed by atoms with Gasteiger partial charge in [-0.25, -0.2) is 17.2 Å². The van der Waals surface area contributed by atoms with E-state index in [1.54, 1.807) is 0 Å². The van der Waals surface area contributed by atoms with Crippen LogP contribution in [-0.4, -0.2) is 31.9 Å². The summed E-state index contributed by atoms with van der Waals surface area (Å²) >= 11 is 0. The van der Waals surface area contributed by atoms with Crippen LogP contribution in [-0.2, 0) is 10.0 Å². The van der Waals surface area contributed by atoms with Gasteiger partial charge in [0.2, 0.25) is 10.0 Å². The lowest BCUT2D eigenvalue weighted by atomic mass is 9.78. The van der Waals surface area contributed by atoms with Crippen LogP contribution < -0.4 is 5.73 Å². The molecule has 1 heterocycles. The maximum Gasteiger partial charge on any atom is 0.246 e. The smallest absolute Gasteiger partial charge is 0.246 e. The van der Waals surface area contributed by atoms with Crippen LogP contribution in [0.1, 0.15) is 19.3 Å². The van der Waals surface area contributed by atoms with Crippen LogP contribution in [0.2, 0.25) is 0 Å². The number of rotatable bonds is 2. The highest BCUT2D eigenvalue weighted by atomic mass is 35.5. The molecule has 1 aliphatic heterocycles. The van der Waals surface area contributed by atoms with Gasteiger partial charge in [-0.1, -0.05) is 6.42 Å². The third kappa shape index (κ3) is 2.99. The Kier molecular flexibility index (Phi) is 5.11. The van der Waals surface area contributed by atoms with Gasteiger partial charge in [-0.05, 0) is 36.8 Å². The predicted molar refractivity (Wildman–Crippen MR) is 81.2 cm³/mol. The van der Waals surface area contributed by atoms with Crippen molar-refractivity contribution in [2.24, 2.45) is 17.6 Å². The molecule has 1 aromatic carbocycles. The van der Waals surface area contributed by atoms with Gasteiger partial charge in [0.1, 0.15) is 16.5 Å². The monoisotopic (exact) mass is 352 g/mol. The first kappa shape index (κ1) is 17.6. The van der Waals surface area contributed by atoms with Crippen molar-refractivity contribution < 1.29 is 17.2 Å². The normalized spacial score (nSPS) is 29.0. The van der Waals surface area contributed by atoms with Gasteiger partial charge in [0.15, 0.2) is 0 Å². The number of benzene rings is 1.